The average molecular weight is 332 g/mol. The number of benzene rings is 1. The van der Waals surface area contributed by atoms with Crippen molar-refractivity contribution in [2.45, 2.75) is 25.1 Å². The van der Waals surface area contributed by atoms with Gasteiger partial charge in [-0.05, 0) is 24.6 Å². The molecule has 0 spiro atoms. The Balaban J connectivity index is 2.31. The van der Waals surface area contributed by atoms with E-state index in [9.17, 15) is 13.2 Å². The van der Waals surface area contributed by atoms with Crippen molar-refractivity contribution in [2.75, 3.05) is 40.4 Å². The Bertz CT molecular complexity index is 503. The standard InChI is InChI=1S/C16H23F3N2O2/c1-22-12-3-4-15(23-2)13(11-12)14(5-6-16(17,18)19)21-9-7-20-8-10-21/h3-4,11,14,20H,5-10H2,1-2H3/t14-/m0/s1. The van der Waals surface area contributed by atoms with E-state index < -0.39 is 12.6 Å². The highest BCUT2D eigenvalue weighted by Gasteiger charge is 2.32. The maximum absolute atomic E-state index is 12.7. The molecule has 0 bridgehead atoms. The monoisotopic (exact) mass is 332 g/mol. The van der Waals surface area contributed by atoms with Gasteiger partial charge in [0.2, 0.25) is 0 Å². The minimum atomic E-state index is -4.17. The molecule has 130 valence electrons. The third-order valence-corrected chi connectivity index (χ3v) is 4.09. The summed E-state index contributed by atoms with van der Waals surface area (Å²) in [6.07, 6.45) is -4.98. The molecule has 1 aromatic rings. The SMILES string of the molecule is COc1ccc(OC)c([C@H](CCC(F)(F)F)N2CCNCC2)c1. The molecule has 2 rings (SSSR count). The lowest BCUT2D eigenvalue weighted by atomic mass is 9.98. The van der Waals surface area contributed by atoms with Crippen LogP contribution in [0.5, 0.6) is 11.5 Å². The minimum Gasteiger partial charge on any atom is -0.497 e. The first-order valence-corrected chi connectivity index (χ1v) is 7.68. The Morgan fingerprint density at radius 1 is 1.17 bits per heavy atom. The van der Waals surface area contributed by atoms with Gasteiger partial charge >= 0.3 is 6.18 Å². The second-order valence-electron chi connectivity index (χ2n) is 5.56. The van der Waals surface area contributed by atoms with Gasteiger partial charge in [-0.15, -0.1) is 0 Å². The Labute approximate surface area is 134 Å². The summed E-state index contributed by atoms with van der Waals surface area (Å²) in [7, 11) is 3.07. The number of nitrogens with zero attached hydrogens (tertiary/aromatic N) is 1. The molecular formula is C16H23F3N2O2. The minimum absolute atomic E-state index is 0.00697. The third-order valence-electron chi connectivity index (χ3n) is 4.09. The second-order valence-corrected chi connectivity index (χ2v) is 5.56. The molecule has 0 aliphatic carbocycles. The number of alkyl halides is 3. The highest BCUT2D eigenvalue weighted by atomic mass is 19.4. The fraction of sp³-hybridized carbons (Fsp3) is 0.625. The van der Waals surface area contributed by atoms with Crippen molar-refractivity contribution in [3.8, 4) is 11.5 Å². The number of piperazine rings is 1. The number of hydrogen-bond acceptors (Lipinski definition) is 4. The molecule has 1 atom stereocenters. The lowest BCUT2D eigenvalue weighted by Crippen LogP contribution is -2.45. The zero-order valence-electron chi connectivity index (χ0n) is 13.4. The molecule has 0 unspecified atom stereocenters. The van der Waals surface area contributed by atoms with Crippen molar-refractivity contribution in [3.63, 3.8) is 0 Å². The molecule has 1 aliphatic heterocycles. The van der Waals surface area contributed by atoms with Gasteiger partial charge < -0.3 is 14.8 Å². The van der Waals surface area contributed by atoms with Crippen molar-refractivity contribution in [1.82, 2.24) is 10.2 Å². The number of methoxy groups -OCH3 is 2. The third kappa shape index (κ3) is 5.00. The van der Waals surface area contributed by atoms with Gasteiger partial charge in [-0.25, -0.2) is 0 Å². The summed E-state index contributed by atoms with van der Waals surface area (Å²) in [5.41, 5.74) is 0.748. The molecule has 7 heteroatoms. The summed E-state index contributed by atoms with van der Waals surface area (Å²) < 4.78 is 48.8. The smallest absolute Gasteiger partial charge is 0.389 e. The van der Waals surface area contributed by atoms with E-state index in [0.29, 0.717) is 24.6 Å². The molecule has 1 N–H and O–H groups in total. The predicted molar refractivity (Wildman–Crippen MR) is 82.0 cm³/mol. The van der Waals surface area contributed by atoms with Crippen LogP contribution in [-0.4, -0.2) is 51.5 Å². The van der Waals surface area contributed by atoms with Crippen molar-refractivity contribution < 1.29 is 22.6 Å². The van der Waals surface area contributed by atoms with Gasteiger partial charge in [0, 0.05) is 44.2 Å². The number of hydrogen-bond donors (Lipinski definition) is 1. The van der Waals surface area contributed by atoms with Crippen molar-refractivity contribution in [3.05, 3.63) is 23.8 Å². The number of ether oxygens (including phenoxy) is 2. The molecule has 0 radical (unpaired) electrons. The van der Waals surface area contributed by atoms with Crippen LogP contribution in [0.1, 0.15) is 24.4 Å². The lowest BCUT2D eigenvalue weighted by molar-refractivity contribution is -0.138. The van der Waals surface area contributed by atoms with Gasteiger partial charge in [-0.3, -0.25) is 4.90 Å². The largest absolute Gasteiger partial charge is 0.497 e. The quantitative estimate of drug-likeness (QED) is 0.868. The van der Waals surface area contributed by atoms with Gasteiger partial charge in [0.05, 0.1) is 14.2 Å². The molecule has 0 amide bonds. The number of rotatable bonds is 6. The Morgan fingerprint density at radius 3 is 2.43 bits per heavy atom. The molecule has 23 heavy (non-hydrogen) atoms. The summed E-state index contributed by atoms with van der Waals surface area (Å²) >= 11 is 0. The van der Waals surface area contributed by atoms with Crippen LogP contribution >= 0.6 is 0 Å². The normalized spacial score (nSPS) is 17.8. The summed E-state index contributed by atoms with van der Waals surface area (Å²) in [6.45, 7) is 2.97. The van der Waals surface area contributed by atoms with Crippen LogP contribution in [0.15, 0.2) is 18.2 Å². The topological polar surface area (TPSA) is 33.7 Å². The molecule has 1 fully saturated rings. The van der Waals surface area contributed by atoms with Crippen molar-refractivity contribution in [1.29, 1.82) is 0 Å². The lowest BCUT2D eigenvalue weighted by Gasteiger charge is -2.36. The number of nitrogens with one attached hydrogen (secondary N) is 1. The van der Waals surface area contributed by atoms with Gasteiger partial charge in [0.15, 0.2) is 0 Å². The molecule has 1 aromatic carbocycles. The Hall–Kier alpha value is -1.47. The van der Waals surface area contributed by atoms with Crippen LogP contribution in [0.4, 0.5) is 13.2 Å². The first-order chi connectivity index (χ1) is 10.9. The van der Waals surface area contributed by atoms with E-state index in [4.69, 9.17) is 9.47 Å². The molecule has 0 saturated carbocycles. The molecule has 0 aromatic heterocycles. The van der Waals surface area contributed by atoms with E-state index in [1.807, 2.05) is 0 Å². The summed E-state index contributed by atoms with van der Waals surface area (Å²) in [5, 5.41) is 3.22. The van der Waals surface area contributed by atoms with Crippen molar-refractivity contribution in [2.24, 2.45) is 0 Å². The fourth-order valence-corrected chi connectivity index (χ4v) is 2.93. The highest BCUT2D eigenvalue weighted by molar-refractivity contribution is 5.42. The maximum atomic E-state index is 12.7. The summed E-state index contributed by atoms with van der Waals surface area (Å²) in [4.78, 5) is 2.08. The molecular weight excluding hydrogens is 309 g/mol. The first-order valence-electron chi connectivity index (χ1n) is 7.68. The highest BCUT2D eigenvalue weighted by Crippen LogP contribution is 2.37. The summed E-state index contributed by atoms with van der Waals surface area (Å²) in [5.74, 6) is 1.21. The van der Waals surface area contributed by atoms with Gasteiger partial charge in [-0.1, -0.05) is 0 Å². The molecule has 1 saturated heterocycles. The van der Waals surface area contributed by atoms with E-state index in [2.05, 4.69) is 10.2 Å². The average Bonchev–Trinajstić information content (AvgIpc) is 2.55. The van der Waals surface area contributed by atoms with Crippen LogP contribution in [-0.2, 0) is 0 Å². The maximum Gasteiger partial charge on any atom is 0.389 e. The van der Waals surface area contributed by atoms with E-state index in [1.165, 1.54) is 7.11 Å². The number of halogens is 3. The predicted octanol–water partition coefficient (Wildman–Crippen LogP) is 2.99. The van der Waals surface area contributed by atoms with E-state index >= 15 is 0 Å². The van der Waals surface area contributed by atoms with E-state index in [-0.39, 0.29) is 12.5 Å². The first kappa shape index (κ1) is 17.9. The fourth-order valence-electron chi connectivity index (χ4n) is 2.93. The van der Waals surface area contributed by atoms with E-state index in [0.717, 1.165) is 18.7 Å². The molecule has 1 heterocycles. The van der Waals surface area contributed by atoms with Crippen LogP contribution in [0.25, 0.3) is 0 Å². The second kappa shape index (κ2) is 7.88. The Kier molecular flexibility index (Phi) is 6.12. The zero-order valence-corrected chi connectivity index (χ0v) is 13.4. The molecule has 4 nitrogen and oxygen atoms in total. The van der Waals surface area contributed by atoms with Gasteiger partial charge in [-0.2, -0.15) is 13.2 Å². The Morgan fingerprint density at radius 2 is 1.87 bits per heavy atom. The van der Waals surface area contributed by atoms with Crippen LogP contribution < -0.4 is 14.8 Å². The molecule has 1 aliphatic rings. The van der Waals surface area contributed by atoms with E-state index in [1.54, 1.807) is 25.3 Å². The van der Waals surface area contributed by atoms with Crippen LogP contribution in [0.2, 0.25) is 0 Å². The van der Waals surface area contributed by atoms with Gasteiger partial charge in [0.1, 0.15) is 11.5 Å². The van der Waals surface area contributed by atoms with Crippen LogP contribution in [0, 0.1) is 0 Å². The summed E-state index contributed by atoms with van der Waals surface area (Å²) in [6, 6.07) is 4.93. The zero-order chi connectivity index (χ0) is 16.9. The van der Waals surface area contributed by atoms with Gasteiger partial charge in [0.25, 0.3) is 0 Å². The van der Waals surface area contributed by atoms with Crippen LogP contribution in [0.3, 0.4) is 0 Å². The van der Waals surface area contributed by atoms with Crippen molar-refractivity contribution >= 4 is 0 Å².